The lowest BCUT2D eigenvalue weighted by Crippen LogP contribution is -2.43. The number of amides is 1. The Kier molecular flexibility index (Phi) is 5.19. The van der Waals surface area contributed by atoms with Crippen molar-refractivity contribution >= 4 is 16.9 Å². The van der Waals surface area contributed by atoms with Gasteiger partial charge in [-0.3, -0.25) is 4.79 Å². The Bertz CT molecular complexity index is 888. The molecule has 0 unspecified atom stereocenters. The summed E-state index contributed by atoms with van der Waals surface area (Å²) in [6, 6.07) is 7.07. The summed E-state index contributed by atoms with van der Waals surface area (Å²) in [6.45, 7) is 1.85. The standard InChI is InChI=1S/C22H27NO4/c1-14-10-22(25)27-20-12-18(8-9-19(14)20)26-13-21(24)23-17-7-6-15-4-2-3-5-16(15)11-17/h8-10,12,15-17H,2-7,11,13H2,1H3,(H,23,24)/t15-,16+,17+/m0/s1. The van der Waals surface area contributed by atoms with E-state index in [4.69, 9.17) is 9.15 Å². The third-order valence-electron chi connectivity index (χ3n) is 6.20. The number of carbonyl (C=O) groups is 1. The number of carbonyl (C=O) groups excluding carboxylic acids is 1. The number of benzene rings is 1. The van der Waals surface area contributed by atoms with E-state index in [1.165, 1.54) is 38.2 Å². The molecule has 2 aliphatic rings. The number of fused-ring (bicyclic) bond motifs is 2. The molecule has 0 bridgehead atoms. The molecule has 27 heavy (non-hydrogen) atoms. The van der Waals surface area contributed by atoms with Crippen LogP contribution in [0.5, 0.6) is 5.75 Å². The molecule has 1 N–H and O–H groups in total. The van der Waals surface area contributed by atoms with Crippen molar-refractivity contribution in [3.8, 4) is 5.75 Å². The second-order valence-corrected chi connectivity index (χ2v) is 8.08. The summed E-state index contributed by atoms with van der Waals surface area (Å²) in [7, 11) is 0. The monoisotopic (exact) mass is 369 g/mol. The van der Waals surface area contributed by atoms with Crippen LogP contribution >= 0.6 is 0 Å². The molecule has 1 aromatic carbocycles. The molecule has 2 aromatic rings. The van der Waals surface area contributed by atoms with Gasteiger partial charge in [-0.25, -0.2) is 4.79 Å². The van der Waals surface area contributed by atoms with E-state index in [0.717, 1.165) is 35.6 Å². The minimum absolute atomic E-state index is 0.0217. The Hall–Kier alpha value is -2.30. The maximum absolute atomic E-state index is 12.3. The van der Waals surface area contributed by atoms with Gasteiger partial charge in [0.05, 0.1) is 0 Å². The Morgan fingerprint density at radius 1 is 1.15 bits per heavy atom. The van der Waals surface area contributed by atoms with Crippen molar-refractivity contribution in [2.24, 2.45) is 11.8 Å². The van der Waals surface area contributed by atoms with Crippen molar-refractivity contribution in [3.63, 3.8) is 0 Å². The van der Waals surface area contributed by atoms with Crippen LogP contribution in [0.15, 0.2) is 33.5 Å². The Labute approximate surface area is 159 Å². The predicted octanol–water partition coefficient (Wildman–Crippen LogP) is 3.96. The number of hydrogen-bond donors (Lipinski definition) is 1. The Morgan fingerprint density at radius 2 is 1.96 bits per heavy atom. The van der Waals surface area contributed by atoms with Gasteiger partial charge in [-0.15, -0.1) is 0 Å². The first kappa shape index (κ1) is 18.1. The molecule has 1 heterocycles. The highest BCUT2D eigenvalue weighted by molar-refractivity contribution is 5.81. The van der Waals surface area contributed by atoms with Gasteiger partial charge in [0.1, 0.15) is 11.3 Å². The molecule has 2 fully saturated rings. The summed E-state index contributed by atoms with van der Waals surface area (Å²) >= 11 is 0. The number of hydrogen-bond acceptors (Lipinski definition) is 4. The van der Waals surface area contributed by atoms with Crippen LogP contribution in [-0.2, 0) is 4.79 Å². The fraction of sp³-hybridized carbons (Fsp3) is 0.545. The van der Waals surface area contributed by atoms with E-state index < -0.39 is 0 Å². The van der Waals surface area contributed by atoms with E-state index >= 15 is 0 Å². The van der Waals surface area contributed by atoms with Gasteiger partial charge < -0.3 is 14.5 Å². The summed E-state index contributed by atoms with van der Waals surface area (Å²) in [5.41, 5.74) is 0.964. The van der Waals surface area contributed by atoms with Crippen molar-refractivity contribution in [1.29, 1.82) is 0 Å². The largest absolute Gasteiger partial charge is 0.484 e. The summed E-state index contributed by atoms with van der Waals surface area (Å²) < 4.78 is 10.9. The molecule has 0 saturated heterocycles. The van der Waals surface area contributed by atoms with Gasteiger partial charge in [-0.05, 0) is 55.7 Å². The number of aryl methyl sites for hydroxylation is 1. The van der Waals surface area contributed by atoms with Crippen LogP contribution in [0.1, 0.15) is 50.5 Å². The highest BCUT2D eigenvalue weighted by Gasteiger charge is 2.32. The Morgan fingerprint density at radius 3 is 2.81 bits per heavy atom. The third-order valence-corrected chi connectivity index (χ3v) is 6.20. The molecule has 0 aliphatic heterocycles. The lowest BCUT2D eigenvalue weighted by molar-refractivity contribution is -0.124. The van der Waals surface area contributed by atoms with Gasteiger partial charge in [0, 0.05) is 23.6 Å². The van der Waals surface area contributed by atoms with E-state index in [1.807, 2.05) is 13.0 Å². The van der Waals surface area contributed by atoms with Crippen molar-refractivity contribution in [2.45, 2.75) is 57.9 Å². The number of nitrogens with one attached hydrogen (secondary N) is 1. The predicted molar refractivity (Wildman–Crippen MR) is 104 cm³/mol. The summed E-state index contributed by atoms with van der Waals surface area (Å²) in [4.78, 5) is 23.8. The fourth-order valence-electron chi connectivity index (χ4n) is 4.82. The lowest BCUT2D eigenvalue weighted by atomic mass is 9.69. The quantitative estimate of drug-likeness (QED) is 0.829. The second kappa shape index (κ2) is 7.75. The molecule has 5 nitrogen and oxygen atoms in total. The minimum Gasteiger partial charge on any atom is -0.484 e. The molecule has 2 saturated carbocycles. The van der Waals surface area contributed by atoms with Gasteiger partial charge in [0.2, 0.25) is 0 Å². The van der Waals surface area contributed by atoms with Crippen LogP contribution in [0.3, 0.4) is 0 Å². The second-order valence-electron chi connectivity index (χ2n) is 8.08. The molecule has 5 heteroatoms. The molecule has 144 valence electrons. The third kappa shape index (κ3) is 4.18. The highest BCUT2D eigenvalue weighted by Crippen LogP contribution is 2.40. The van der Waals surface area contributed by atoms with Crippen molar-refractivity contribution < 1.29 is 13.9 Å². The van der Waals surface area contributed by atoms with Crippen LogP contribution in [0, 0.1) is 18.8 Å². The average molecular weight is 369 g/mol. The van der Waals surface area contributed by atoms with Crippen molar-refractivity contribution in [2.75, 3.05) is 6.61 Å². The molecular formula is C22H27NO4. The number of ether oxygens (including phenoxy) is 1. The zero-order valence-electron chi connectivity index (χ0n) is 15.8. The molecule has 0 spiro atoms. The zero-order chi connectivity index (χ0) is 18.8. The summed E-state index contributed by atoms with van der Waals surface area (Å²) in [5, 5.41) is 4.01. The van der Waals surface area contributed by atoms with Crippen LogP contribution in [0.25, 0.3) is 11.0 Å². The topological polar surface area (TPSA) is 68.5 Å². The summed E-state index contributed by atoms with van der Waals surface area (Å²) in [6.07, 6.45) is 8.81. The maximum Gasteiger partial charge on any atom is 0.336 e. The molecule has 3 atom stereocenters. The van der Waals surface area contributed by atoms with Crippen LogP contribution < -0.4 is 15.7 Å². The van der Waals surface area contributed by atoms with Gasteiger partial charge in [0.15, 0.2) is 6.61 Å². The average Bonchev–Trinajstić information content (AvgIpc) is 2.66. The highest BCUT2D eigenvalue weighted by atomic mass is 16.5. The smallest absolute Gasteiger partial charge is 0.336 e. The molecule has 1 aromatic heterocycles. The minimum atomic E-state index is -0.381. The first-order valence-electron chi connectivity index (χ1n) is 10.0. The molecule has 1 amide bonds. The van der Waals surface area contributed by atoms with Crippen LogP contribution in [0.2, 0.25) is 0 Å². The van der Waals surface area contributed by atoms with Crippen LogP contribution in [0.4, 0.5) is 0 Å². The maximum atomic E-state index is 12.3. The van der Waals surface area contributed by atoms with E-state index in [9.17, 15) is 9.59 Å². The number of rotatable bonds is 4. The molecular weight excluding hydrogens is 342 g/mol. The Balaban J connectivity index is 1.32. The lowest BCUT2D eigenvalue weighted by Gasteiger charge is -2.39. The van der Waals surface area contributed by atoms with E-state index in [0.29, 0.717) is 11.3 Å². The van der Waals surface area contributed by atoms with Gasteiger partial charge in [-0.2, -0.15) is 0 Å². The fourth-order valence-corrected chi connectivity index (χ4v) is 4.82. The van der Waals surface area contributed by atoms with E-state index in [-0.39, 0.29) is 24.2 Å². The SMILES string of the molecule is Cc1cc(=O)oc2cc(OCC(=O)N[C@@H]3CC[C@@H]4CCCC[C@@H]4C3)ccc12. The van der Waals surface area contributed by atoms with E-state index in [1.54, 1.807) is 12.1 Å². The normalized spacial score (nSPS) is 25.0. The van der Waals surface area contributed by atoms with Crippen molar-refractivity contribution in [1.82, 2.24) is 5.32 Å². The van der Waals surface area contributed by atoms with Crippen LogP contribution in [-0.4, -0.2) is 18.6 Å². The molecule has 2 aliphatic carbocycles. The zero-order valence-corrected chi connectivity index (χ0v) is 15.8. The van der Waals surface area contributed by atoms with E-state index in [2.05, 4.69) is 5.32 Å². The van der Waals surface area contributed by atoms with Gasteiger partial charge >= 0.3 is 5.63 Å². The molecule has 4 rings (SSSR count). The first-order chi connectivity index (χ1) is 13.1. The molecule has 0 radical (unpaired) electrons. The van der Waals surface area contributed by atoms with Crippen molar-refractivity contribution in [3.05, 3.63) is 40.2 Å². The van der Waals surface area contributed by atoms with Gasteiger partial charge in [-0.1, -0.05) is 25.7 Å². The van der Waals surface area contributed by atoms with Gasteiger partial charge in [0.25, 0.3) is 5.91 Å². The summed E-state index contributed by atoms with van der Waals surface area (Å²) in [5.74, 6) is 2.10. The first-order valence-corrected chi connectivity index (χ1v) is 10.0.